The van der Waals surface area contributed by atoms with Crippen LogP contribution >= 0.6 is 0 Å². The van der Waals surface area contributed by atoms with Gasteiger partial charge >= 0.3 is 0 Å². The fourth-order valence-corrected chi connectivity index (χ4v) is 3.31. The van der Waals surface area contributed by atoms with E-state index in [0.29, 0.717) is 0 Å². The zero-order chi connectivity index (χ0) is 17.0. The molecule has 0 radical (unpaired) electrons. The first-order chi connectivity index (χ1) is 10.7. The maximum absolute atomic E-state index is 2.70. The molecule has 3 heteroatoms. The molecule has 0 saturated carbocycles. The molecule has 0 aromatic heterocycles. The van der Waals surface area contributed by atoms with Crippen LogP contribution in [0.15, 0.2) is 0 Å². The zero-order valence-electron chi connectivity index (χ0n) is 16.6. The van der Waals surface area contributed by atoms with Crippen LogP contribution in [0.1, 0.15) is 61.3 Å². The second kappa shape index (κ2) is 13.3. The summed E-state index contributed by atoms with van der Waals surface area (Å²) < 4.78 is 0. The van der Waals surface area contributed by atoms with E-state index >= 15 is 0 Å². The van der Waals surface area contributed by atoms with Crippen LogP contribution in [0.2, 0.25) is 0 Å². The van der Waals surface area contributed by atoms with Crippen molar-refractivity contribution in [2.24, 2.45) is 5.92 Å². The summed E-state index contributed by atoms with van der Waals surface area (Å²) in [6, 6.07) is 0.722. The summed E-state index contributed by atoms with van der Waals surface area (Å²) in [5.41, 5.74) is 0. The van der Waals surface area contributed by atoms with Gasteiger partial charge in [-0.05, 0) is 52.2 Å². The van der Waals surface area contributed by atoms with E-state index in [-0.39, 0.29) is 0 Å². The first-order valence-corrected chi connectivity index (χ1v) is 9.87. The van der Waals surface area contributed by atoms with Gasteiger partial charge in [-0.25, -0.2) is 0 Å². The lowest BCUT2D eigenvalue weighted by atomic mass is 9.96. The molecule has 2 aliphatic heterocycles. The molecular weight excluding hydrogens is 270 g/mol. The maximum atomic E-state index is 2.70. The van der Waals surface area contributed by atoms with Gasteiger partial charge in [-0.1, -0.05) is 34.6 Å². The molecule has 0 bridgehead atoms. The van der Waals surface area contributed by atoms with Crippen molar-refractivity contribution in [3.05, 3.63) is 0 Å². The van der Waals surface area contributed by atoms with E-state index in [1.165, 1.54) is 65.2 Å². The molecule has 0 aliphatic carbocycles. The van der Waals surface area contributed by atoms with Gasteiger partial charge in [0.2, 0.25) is 0 Å². The predicted molar refractivity (Wildman–Crippen MR) is 101 cm³/mol. The molecule has 0 aromatic carbocycles. The molecule has 0 atom stereocenters. The molecule has 2 saturated heterocycles. The lowest BCUT2D eigenvalue weighted by Crippen LogP contribution is -2.50. The van der Waals surface area contributed by atoms with Crippen molar-refractivity contribution in [2.75, 3.05) is 52.4 Å². The number of hydrogen-bond donors (Lipinski definition) is 0. The minimum atomic E-state index is 0.722. The highest BCUT2D eigenvalue weighted by Gasteiger charge is 2.23. The van der Waals surface area contributed by atoms with Gasteiger partial charge in [0.1, 0.15) is 0 Å². The number of piperidine rings is 1. The average Bonchev–Trinajstić information content (AvgIpc) is 2.59. The molecule has 0 unspecified atom stereocenters. The van der Waals surface area contributed by atoms with Crippen molar-refractivity contribution in [2.45, 2.75) is 67.3 Å². The third kappa shape index (κ3) is 7.94. The van der Waals surface area contributed by atoms with Gasteiger partial charge in [0.25, 0.3) is 0 Å². The van der Waals surface area contributed by atoms with E-state index in [1.807, 2.05) is 27.7 Å². The summed E-state index contributed by atoms with van der Waals surface area (Å²) in [6.45, 7) is 25.3. The molecule has 22 heavy (non-hydrogen) atoms. The Balaban J connectivity index is 0.00000102. The second-order valence-corrected chi connectivity index (χ2v) is 6.31. The van der Waals surface area contributed by atoms with Crippen molar-refractivity contribution in [1.29, 1.82) is 0 Å². The number of piperazine rings is 1. The van der Waals surface area contributed by atoms with E-state index in [0.717, 1.165) is 12.0 Å². The van der Waals surface area contributed by atoms with E-state index in [9.17, 15) is 0 Å². The molecule has 2 rings (SSSR count). The monoisotopic (exact) mass is 313 g/mol. The number of nitrogens with zero attached hydrogens (tertiary/aromatic N) is 3. The normalized spacial score (nSPS) is 21.8. The first kappa shape index (κ1) is 21.9. The smallest absolute Gasteiger partial charge is 0.0113 e. The van der Waals surface area contributed by atoms with Crippen LogP contribution in [-0.4, -0.2) is 73.1 Å². The fraction of sp³-hybridized carbons (Fsp3) is 1.00. The van der Waals surface area contributed by atoms with E-state index in [4.69, 9.17) is 0 Å². The fourth-order valence-electron chi connectivity index (χ4n) is 3.31. The van der Waals surface area contributed by atoms with Gasteiger partial charge in [-0.15, -0.1) is 0 Å². The Hall–Kier alpha value is -0.120. The molecule has 0 amide bonds. The molecule has 0 aromatic rings. The Labute approximate surface area is 141 Å². The highest BCUT2D eigenvalue weighted by molar-refractivity contribution is 4.79. The van der Waals surface area contributed by atoms with E-state index in [1.54, 1.807) is 0 Å². The van der Waals surface area contributed by atoms with Crippen LogP contribution in [0.5, 0.6) is 0 Å². The standard InChI is InChI=1S/C15H31N3.2C2H6/c1-4-16-7-5-15(6-8-16)13-17-9-11-18(12-10-17)14(2)3;2*1-2/h14-15H,4-13H2,1-3H3;2*1-2H3. The number of hydrogen-bond acceptors (Lipinski definition) is 3. The quantitative estimate of drug-likeness (QED) is 0.782. The summed E-state index contributed by atoms with van der Waals surface area (Å²) in [7, 11) is 0. The van der Waals surface area contributed by atoms with Gasteiger partial charge in [0.05, 0.1) is 0 Å². The molecule has 2 aliphatic rings. The van der Waals surface area contributed by atoms with Gasteiger partial charge < -0.3 is 9.80 Å². The Bertz CT molecular complexity index is 227. The lowest BCUT2D eigenvalue weighted by molar-refractivity contribution is 0.0818. The van der Waals surface area contributed by atoms with Crippen LogP contribution in [-0.2, 0) is 0 Å². The van der Waals surface area contributed by atoms with Crippen LogP contribution in [0.4, 0.5) is 0 Å². The first-order valence-electron chi connectivity index (χ1n) is 9.87. The number of likely N-dealkylation sites (tertiary alicyclic amines) is 1. The highest BCUT2D eigenvalue weighted by atomic mass is 15.3. The largest absolute Gasteiger partial charge is 0.304 e. The lowest BCUT2D eigenvalue weighted by Gasteiger charge is -2.40. The zero-order valence-corrected chi connectivity index (χ0v) is 16.6. The molecule has 3 nitrogen and oxygen atoms in total. The van der Waals surface area contributed by atoms with Crippen molar-refractivity contribution in [1.82, 2.24) is 14.7 Å². The summed E-state index contributed by atoms with van der Waals surface area (Å²) in [5, 5.41) is 0. The average molecular weight is 314 g/mol. The van der Waals surface area contributed by atoms with Gasteiger partial charge in [-0.3, -0.25) is 4.90 Å². The highest BCUT2D eigenvalue weighted by Crippen LogP contribution is 2.19. The number of rotatable bonds is 4. The molecule has 2 heterocycles. The molecule has 0 N–H and O–H groups in total. The van der Waals surface area contributed by atoms with E-state index in [2.05, 4.69) is 35.5 Å². The van der Waals surface area contributed by atoms with Crippen molar-refractivity contribution >= 4 is 0 Å². The van der Waals surface area contributed by atoms with Crippen LogP contribution in [0, 0.1) is 5.92 Å². The Morgan fingerprint density at radius 2 is 1.27 bits per heavy atom. The summed E-state index contributed by atoms with van der Waals surface area (Å²) in [4.78, 5) is 7.90. The van der Waals surface area contributed by atoms with Crippen molar-refractivity contribution in [3.8, 4) is 0 Å². The second-order valence-electron chi connectivity index (χ2n) is 6.31. The SMILES string of the molecule is CC.CC.CCN1CCC(CN2CCN(C(C)C)CC2)CC1. The summed E-state index contributed by atoms with van der Waals surface area (Å²) in [5.74, 6) is 0.957. The topological polar surface area (TPSA) is 9.72 Å². The Morgan fingerprint density at radius 3 is 1.68 bits per heavy atom. The summed E-state index contributed by atoms with van der Waals surface area (Å²) in [6.07, 6.45) is 2.83. The van der Waals surface area contributed by atoms with Gasteiger partial charge in [-0.2, -0.15) is 0 Å². The molecular formula is C19H43N3. The minimum Gasteiger partial charge on any atom is -0.304 e. The van der Waals surface area contributed by atoms with Crippen molar-refractivity contribution < 1.29 is 0 Å². The van der Waals surface area contributed by atoms with Crippen LogP contribution in [0.3, 0.4) is 0 Å². The van der Waals surface area contributed by atoms with Crippen molar-refractivity contribution in [3.63, 3.8) is 0 Å². The van der Waals surface area contributed by atoms with Gasteiger partial charge in [0, 0.05) is 38.8 Å². The third-order valence-corrected chi connectivity index (χ3v) is 4.81. The Morgan fingerprint density at radius 1 is 0.773 bits per heavy atom. The summed E-state index contributed by atoms with van der Waals surface area (Å²) >= 11 is 0. The molecule has 2 fully saturated rings. The van der Waals surface area contributed by atoms with Gasteiger partial charge in [0.15, 0.2) is 0 Å². The predicted octanol–water partition coefficient (Wildman–Crippen LogP) is 3.80. The molecule has 134 valence electrons. The Kier molecular flexibility index (Phi) is 13.3. The minimum absolute atomic E-state index is 0.722. The molecule has 0 spiro atoms. The maximum Gasteiger partial charge on any atom is 0.0113 e. The van der Waals surface area contributed by atoms with Crippen LogP contribution < -0.4 is 0 Å². The van der Waals surface area contributed by atoms with Crippen LogP contribution in [0.25, 0.3) is 0 Å². The van der Waals surface area contributed by atoms with E-state index < -0.39 is 0 Å². The third-order valence-electron chi connectivity index (χ3n) is 4.81.